The average molecular weight is 329 g/mol. The molecule has 0 aliphatic carbocycles. The molecule has 0 atom stereocenters. The van der Waals surface area contributed by atoms with Gasteiger partial charge in [0.25, 0.3) is 0 Å². The van der Waals surface area contributed by atoms with E-state index < -0.39 is 0 Å². The highest BCUT2D eigenvalue weighted by atomic mass is 32.2. The molecule has 0 saturated heterocycles. The number of hydrogen-bond donors (Lipinski definition) is 1. The number of hydrogen-bond acceptors (Lipinski definition) is 3. The van der Waals surface area contributed by atoms with Crippen LogP contribution in [0, 0.1) is 0 Å². The Bertz CT molecular complexity index is 584. The summed E-state index contributed by atoms with van der Waals surface area (Å²) in [6.07, 6.45) is 4.17. The molecule has 4 heteroatoms. The van der Waals surface area contributed by atoms with Crippen molar-refractivity contribution in [2.24, 2.45) is 0 Å². The van der Waals surface area contributed by atoms with Crippen molar-refractivity contribution in [3.63, 3.8) is 0 Å². The van der Waals surface area contributed by atoms with Crippen LogP contribution in [0.2, 0.25) is 0 Å². The second kappa shape index (κ2) is 10.1. The predicted octanol–water partition coefficient (Wildman–Crippen LogP) is 4.39. The number of carbonyl (C=O) groups is 1. The van der Waals surface area contributed by atoms with E-state index in [2.05, 4.69) is 17.4 Å². The van der Waals surface area contributed by atoms with Gasteiger partial charge in [0.1, 0.15) is 0 Å². The molecule has 0 bridgehead atoms. The largest absolute Gasteiger partial charge is 0.381 e. The number of benzene rings is 2. The lowest BCUT2D eigenvalue weighted by molar-refractivity contribution is -0.116. The molecule has 2 aromatic rings. The standard InChI is InChI=1S/C19H23NO2S/c1-23-18-11-9-17(10-12-18)20-19(21)8-5-14-22-15-13-16-6-3-2-4-7-16/h2-4,6-7,9-12H,5,8,13-15H2,1H3,(H,20,21). The zero-order valence-electron chi connectivity index (χ0n) is 13.5. The SMILES string of the molecule is CSc1ccc(NC(=O)CCCOCCc2ccccc2)cc1. The monoisotopic (exact) mass is 329 g/mol. The molecule has 0 fully saturated rings. The molecule has 0 heterocycles. The molecule has 122 valence electrons. The van der Waals surface area contributed by atoms with Crippen LogP contribution in [0.4, 0.5) is 5.69 Å². The molecular weight excluding hydrogens is 306 g/mol. The summed E-state index contributed by atoms with van der Waals surface area (Å²) in [5, 5.41) is 2.91. The Balaban J connectivity index is 1.56. The first-order chi connectivity index (χ1) is 11.3. The number of carbonyl (C=O) groups excluding carboxylic acids is 1. The van der Waals surface area contributed by atoms with Crippen LogP contribution in [-0.4, -0.2) is 25.4 Å². The number of anilines is 1. The van der Waals surface area contributed by atoms with E-state index in [0.717, 1.165) is 18.5 Å². The van der Waals surface area contributed by atoms with Crippen LogP contribution in [0.15, 0.2) is 59.5 Å². The first kappa shape index (κ1) is 17.6. The van der Waals surface area contributed by atoms with Crippen LogP contribution in [0.3, 0.4) is 0 Å². The molecule has 0 aromatic heterocycles. The van der Waals surface area contributed by atoms with Crippen molar-refractivity contribution in [3.05, 3.63) is 60.2 Å². The maximum Gasteiger partial charge on any atom is 0.224 e. The first-order valence-electron chi connectivity index (χ1n) is 7.83. The van der Waals surface area contributed by atoms with Gasteiger partial charge < -0.3 is 10.1 Å². The van der Waals surface area contributed by atoms with Gasteiger partial charge in [0.05, 0.1) is 6.61 Å². The minimum atomic E-state index is 0.0357. The summed E-state index contributed by atoms with van der Waals surface area (Å²) >= 11 is 1.69. The van der Waals surface area contributed by atoms with E-state index in [1.165, 1.54) is 10.5 Å². The van der Waals surface area contributed by atoms with Crippen molar-refractivity contribution >= 4 is 23.4 Å². The molecule has 0 unspecified atom stereocenters. The number of rotatable bonds is 9. The van der Waals surface area contributed by atoms with Crippen LogP contribution >= 0.6 is 11.8 Å². The zero-order valence-corrected chi connectivity index (χ0v) is 14.3. The second-order valence-electron chi connectivity index (χ2n) is 5.23. The highest BCUT2D eigenvalue weighted by Crippen LogP contribution is 2.17. The van der Waals surface area contributed by atoms with Crippen molar-refractivity contribution in [3.8, 4) is 0 Å². The van der Waals surface area contributed by atoms with Crippen molar-refractivity contribution in [1.29, 1.82) is 0 Å². The van der Waals surface area contributed by atoms with Gasteiger partial charge in [0.2, 0.25) is 5.91 Å². The predicted molar refractivity (Wildman–Crippen MR) is 97.1 cm³/mol. The Hall–Kier alpha value is -1.78. The molecule has 0 aliphatic rings. The Kier molecular flexibility index (Phi) is 7.70. The maximum atomic E-state index is 11.8. The fourth-order valence-electron chi connectivity index (χ4n) is 2.17. The van der Waals surface area contributed by atoms with Gasteiger partial charge in [-0.3, -0.25) is 4.79 Å². The van der Waals surface area contributed by atoms with Crippen molar-refractivity contribution in [2.75, 3.05) is 24.8 Å². The third-order valence-corrected chi connectivity index (χ3v) is 4.19. The van der Waals surface area contributed by atoms with Gasteiger partial charge in [-0.1, -0.05) is 30.3 Å². The van der Waals surface area contributed by atoms with Crippen LogP contribution in [0.5, 0.6) is 0 Å². The van der Waals surface area contributed by atoms with Gasteiger partial charge in [0.15, 0.2) is 0 Å². The van der Waals surface area contributed by atoms with Crippen molar-refractivity contribution < 1.29 is 9.53 Å². The van der Waals surface area contributed by atoms with Gasteiger partial charge >= 0.3 is 0 Å². The lowest BCUT2D eigenvalue weighted by Gasteiger charge is -2.07. The van der Waals surface area contributed by atoms with Crippen LogP contribution in [0.1, 0.15) is 18.4 Å². The summed E-state index contributed by atoms with van der Waals surface area (Å²) in [5.41, 5.74) is 2.12. The van der Waals surface area contributed by atoms with Gasteiger partial charge in [-0.15, -0.1) is 11.8 Å². The summed E-state index contributed by atoms with van der Waals surface area (Å²) in [6, 6.07) is 18.1. The number of ether oxygens (including phenoxy) is 1. The molecule has 1 amide bonds. The highest BCUT2D eigenvalue weighted by molar-refractivity contribution is 7.98. The quantitative estimate of drug-likeness (QED) is 0.548. The minimum Gasteiger partial charge on any atom is -0.381 e. The Labute approximate surface area is 142 Å². The fraction of sp³-hybridized carbons (Fsp3) is 0.316. The van der Waals surface area contributed by atoms with Gasteiger partial charge in [-0.05, 0) is 48.9 Å². The number of nitrogens with one attached hydrogen (secondary N) is 1. The molecule has 2 rings (SSSR count). The topological polar surface area (TPSA) is 38.3 Å². The Morgan fingerprint density at radius 1 is 1.04 bits per heavy atom. The molecule has 23 heavy (non-hydrogen) atoms. The van der Waals surface area contributed by atoms with Crippen molar-refractivity contribution in [2.45, 2.75) is 24.2 Å². The van der Waals surface area contributed by atoms with Crippen LogP contribution < -0.4 is 5.32 Å². The third kappa shape index (κ3) is 6.89. The summed E-state index contributed by atoms with van der Waals surface area (Å²) in [6.45, 7) is 1.31. The van der Waals surface area contributed by atoms with Crippen molar-refractivity contribution in [1.82, 2.24) is 0 Å². The molecule has 2 aromatic carbocycles. The molecule has 0 aliphatic heterocycles. The van der Waals surface area contributed by atoms with E-state index in [0.29, 0.717) is 19.6 Å². The summed E-state index contributed by atoms with van der Waals surface area (Å²) in [5.74, 6) is 0.0357. The average Bonchev–Trinajstić information content (AvgIpc) is 2.59. The third-order valence-electron chi connectivity index (χ3n) is 3.44. The Morgan fingerprint density at radius 2 is 1.78 bits per heavy atom. The van der Waals surface area contributed by atoms with E-state index in [9.17, 15) is 4.79 Å². The van der Waals surface area contributed by atoms with E-state index in [4.69, 9.17) is 4.74 Å². The number of amides is 1. The smallest absolute Gasteiger partial charge is 0.224 e. The van der Waals surface area contributed by atoms with E-state index in [-0.39, 0.29) is 5.91 Å². The maximum absolute atomic E-state index is 11.8. The fourth-order valence-corrected chi connectivity index (χ4v) is 2.58. The molecule has 0 radical (unpaired) electrons. The highest BCUT2D eigenvalue weighted by Gasteiger charge is 2.02. The van der Waals surface area contributed by atoms with E-state index >= 15 is 0 Å². The zero-order chi connectivity index (χ0) is 16.3. The van der Waals surface area contributed by atoms with Gasteiger partial charge in [0, 0.05) is 23.6 Å². The lowest BCUT2D eigenvalue weighted by Crippen LogP contribution is -2.12. The summed E-state index contributed by atoms with van der Waals surface area (Å²) in [7, 11) is 0. The summed E-state index contributed by atoms with van der Waals surface area (Å²) in [4.78, 5) is 13.0. The Morgan fingerprint density at radius 3 is 2.48 bits per heavy atom. The van der Waals surface area contributed by atoms with E-state index in [1.807, 2.05) is 48.7 Å². The van der Waals surface area contributed by atoms with Crippen LogP contribution in [-0.2, 0) is 16.0 Å². The molecule has 0 spiro atoms. The van der Waals surface area contributed by atoms with Crippen LogP contribution in [0.25, 0.3) is 0 Å². The van der Waals surface area contributed by atoms with E-state index in [1.54, 1.807) is 11.8 Å². The number of thioether (sulfide) groups is 1. The molecule has 0 saturated carbocycles. The normalized spacial score (nSPS) is 10.5. The lowest BCUT2D eigenvalue weighted by atomic mass is 10.2. The first-order valence-corrected chi connectivity index (χ1v) is 9.06. The van der Waals surface area contributed by atoms with Gasteiger partial charge in [-0.2, -0.15) is 0 Å². The van der Waals surface area contributed by atoms with Gasteiger partial charge in [-0.25, -0.2) is 0 Å². The molecular formula is C19H23NO2S. The summed E-state index contributed by atoms with van der Waals surface area (Å²) < 4.78 is 5.59. The molecule has 1 N–H and O–H groups in total. The minimum absolute atomic E-state index is 0.0357. The molecule has 3 nitrogen and oxygen atoms in total. The second-order valence-corrected chi connectivity index (χ2v) is 6.11.